The molecule has 0 radical (unpaired) electrons. The summed E-state index contributed by atoms with van der Waals surface area (Å²) in [5.74, 6) is -7.31. The molecular weight excluding hydrogens is 871 g/mol. The SMILES string of the molecule is CC[C@H](C)[C@H](NC(=O)[C@@H](NC(=O)[C@@H]1CCCN1C(=O)CNC(=O)[C@H](C)NC(=O)[C@H](Cc1cnc[nH]1)NC(=O)[C@@H](NC(=O)[C@@H]1CCCN1C(=O)[C@@H](N)Cc1cnc[nH]1)C(C)C)[C@@H](C)CC)C(=O)O. The average Bonchev–Trinajstić information content (AvgIpc) is 4.16. The summed E-state index contributed by atoms with van der Waals surface area (Å²) in [5.41, 5.74) is 7.36. The van der Waals surface area contributed by atoms with Gasteiger partial charge in [-0.25, -0.2) is 14.8 Å². The number of hydrogen-bond acceptors (Lipinski definition) is 12. The Hall–Kier alpha value is -6.39. The predicted molar refractivity (Wildman–Crippen MR) is 242 cm³/mol. The van der Waals surface area contributed by atoms with Gasteiger partial charge in [-0.05, 0) is 50.4 Å². The molecule has 23 heteroatoms. The Labute approximate surface area is 390 Å². The highest BCUT2D eigenvalue weighted by atomic mass is 16.4. The van der Waals surface area contributed by atoms with Crippen LogP contribution in [0.25, 0.3) is 0 Å². The van der Waals surface area contributed by atoms with Crippen LogP contribution in [0.5, 0.6) is 0 Å². The molecule has 4 rings (SSSR count). The summed E-state index contributed by atoms with van der Waals surface area (Å²) in [6.07, 6.45) is 8.71. The van der Waals surface area contributed by atoms with Crippen molar-refractivity contribution < 1.29 is 48.3 Å². The Balaban J connectivity index is 1.35. The number of carboxylic acid groups (broad SMARTS) is 1. The number of hydrogen-bond donors (Lipinski definition) is 10. The normalized spacial score (nSPS) is 19.5. The second-order valence-corrected chi connectivity index (χ2v) is 17.9. The number of amides is 8. The molecule has 8 amide bonds. The van der Waals surface area contributed by atoms with Gasteiger partial charge in [0.05, 0.1) is 25.2 Å². The highest BCUT2D eigenvalue weighted by molar-refractivity contribution is 5.97. The molecule has 0 spiro atoms. The first-order valence-corrected chi connectivity index (χ1v) is 23.1. The van der Waals surface area contributed by atoms with E-state index in [9.17, 15) is 48.3 Å². The maximum absolute atomic E-state index is 13.9. The smallest absolute Gasteiger partial charge is 0.326 e. The quantitative estimate of drug-likeness (QED) is 0.0581. The number of aliphatic carboxylic acids is 1. The molecule has 2 fully saturated rings. The fourth-order valence-corrected chi connectivity index (χ4v) is 8.12. The zero-order valence-electron chi connectivity index (χ0n) is 39.4. The van der Waals surface area contributed by atoms with Crippen LogP contribution in [-0.2, 0) is 56.0 Å². The van der Waals surface area contributed by atoms with E-state index in [2.05, 4.69) is 51.8 Å². The van der Waals surface area contributed by atoms with Crippen LogP contribution < -0.4 is 37.6 Å². The molecule has 0 saturated carbocycles. The van der Waals surface area contributed by atoms with Crippen molar-refractivity contribution in [3.63, 3.8) is 0 Å². The van der Waals surface area contributed by atoms with Crippen LogP contribution in [0.2, 0.25) is 0 Å². The van der Waals surface area contributed by atoms with Gasteiger partial charge in [0.1, 0.15) is 42.3 Å². The number of aromatic amines is 2. The number of nitrogens with one attached hydrogen (secondary N) is 8. The molecule has 0 aliphatic carbocycles. The van der Waals surface area contributed by atoms with Gasteiger partial charge < -0.3 is 62.5 Å². The monoisotopic (exact) mass is 940 g/mol. The van der Waals surface area contributed by atoms with Crippen molar-refractivity contribution in [1.82, 2.24) is 61.6 Å². The summed E-state index contributed by atoms with van der Waals surface area (Å²) in [6, 6.07) is -8.55. The van der Waals surface area contributed by atoms with Gasteiger partial charge in [0.2, 0.25) is 47.3 Å². The molecule has 370 valence electrons. The van der Waals surface area contributed by atoms with E-state index in [0.29, 0.717) is 56.5 Å². The Morgan fingerprint density at radius 1 is 0.687 bits per heavy atom. The first kappa shape index (κ1) is 53.2. The first-order chi connectivity index (χ1) is 31.8. The molecule has 10 atom stereocenters. The topological polar surface area (TPSA) is 336 Å². The number of carbonyl (C=O) groups is 9. The molecule has 2 aromatic rings. The van der Waals surface area contributed by atoms with E-state index in [4.69, 9.17) is 5.73 Å². The van der Waals surface area contributed by atoms with Gasteiger partial charge in [-0.1, -0.05) is 54.4 Å². The number of rotatable bonds is 24. The van der Waals surface area contributed by atoms with E-state index in [1.54, 1.807) is 33.9 Å². The fraction of sp³-hybridized carbons (Fsp3) is 0.659. The fourth-order valence-electron chi connectivity index (χ4n) is 8.12. The maximum atomic E-state index is 13.9. The third-order valence-corrected chi connectivity index (χ3v) is 12.6. The molecule has 4 heterocycles. The average molecular weight is 940 g/mol. The van der Waals surface area contributed by atoms with Crippen LogP contribution in [0.15, 0.2) is 25.0 Å². The lowest BCUT2D eigenvalue weighted by Crippen LogP contribution is -2.60. The largest absolute Gasteiger partial charge is 0.480 e. The Morgan fingerprint density at radius 3 is 1.75 bits per heavy atom. The zero-order valence-corrected chi connectivity index (χ0v) is 39.4. The van der Waals surface area contributed by atoms with Gasteiger partial charge in [0.15, 0.2) is 0 Å². The van der Waals surface area contributed by atoms with Gasteiger partial charge >= 0.3 is 5.97 Å². The molecule has 0 aromatic carbocycles. The molecule has 2 aromatic heterocycles. The minimum Gasteiger partial charge on any atom is -0.480 e. The van der Waals surface area contributed by atoms with Crippen molar-refractivity contribution in [2.45, 2.75) is 148 Å². The number of likely N-dealkylation sites (tertiary alicyclic amines) is 2. The van der Waals surface area contributed by atoms with Gasteiger partial charge in [-0.3, -0.25) is 38.4 Å². The molecule has 2 aliphatic heterocycles. The van der Waals surface area contributed by atoms with Crippen LogP contribution >= 0.6 is 0 Å². The Kier molecular flexibility index (Phi) is 19.8. The lowest BCUT2D eigenvalue weighted by Gasteiger charge is -2.30. The number of carbonyl (C=O) groups excluding carboxylic acids is 8. The Morgan fingerprint density at radius 2 is 1.21 bits per heavy atom. The minimum atomic E-state index is -1.26. The van der Waals surface area contributed by atoms with Crippen LogP contribution in [0.3, 0.4) is 0 Å². The molecule has 67 heavy (non-hydrogen) atoms. The van der Waals surface area contributed by atoms with Gasteiger partial charge in [-0.15, -0.1) is 0 Å². The van der Waals surface area contributed by atoms with Crippen LogP contribution in [0, 0.1) is 17.8 Å². The van der Waals surface area contributed by atoms with Crippen molar-refractivity contribution in [1.29, 1.82) is 0 Å². The number of nitrogens with two attached hydrogens (primary N) is 1. The number of aromatic nitrogens is 4. The molecule has 0 bridgehead atoms. The number of imidazole rings is 2. The minimum absolute atomic E-state index is 0.0712. The van der Waals surface area contributed by atoms with E-state index in [-0.39, 0.29) is 31.2 Å². The first-order valence-electron chi connectivity index (χ1n) is 23.1. The lowest BCUT2D eigenvalue weighted by atomic mass is 9.95. The summed E-state index contributed by atoms with van der Waals surface area (Å²) in [7, 11) is 0. The van der Waals surface area contributed by atoms with Crippen LogP contribution in [0.1, 0.15) is 98.4 Å². The predicted octanol–water partition coefficient (Wildman–Crippen LogP) is -1.38. The molecular formula is C44H69N13O10. The number of H-pyrrole nitrogens is 2. The highest BCUT2D eigenvalue weighted by Crippen LogP contribution is 2.21. The van der Waals surface area contributed by atoms with Gasteiger partial charge in [0, 0.05) is 49.7 Å². The standard InChI is InChI=1S/C44H69N13O10/c1-8-24(5)35(42(64)55-36(44(66)67)25(6)9-2)54-39(61)31-12-10-14-56(31)33(58)20-48-37(59)26(7)51-38(60)30(17-28-19-47-22-50-28)52-41(63)34(23(3)4)53-40(62)32-13-11-15-57(32)43(65)29(45)16-27-18-46-21-49-27/h18-19,21-26,29-32,34-36H,8-17,20,45H2,1-7H3,(H,46,49)(H,47,50)(H,48,59)(H,51,60)(H,52,63)(H,53,62)(H,54,61)(H,55,64)(H,66,67)/t24-,25-,26-,29-,30-,31-,32-,34-,35-,36-/m0/s1. The van der Waals surface area contributed by atoms with Gasteiger partial charge in [-0.2, -0.15) is 0 Å². The highest BCUT2D eigenvalue weighted by Gasteiger charge is 2.40. The zero-order chi connectivity index (χ0) is 49.5. The second kappa shape index (κ2) is 24.9. The van der Waals surface area contributed by atoms with Crippen molar-refractivity contribution in [3.05, 3.63) is 36.4 Å². The van der Waals surface area contributed by atoms with Crippen LogP contribution in [-0.4, -0.2) is 156 Å². The third kappa shape index (κ3) is 14.5. The third-order valence-electron chi connectivity index (χ3n) is 12.6. The number of carboxylic acids is 1. The van der Waals surface area contributed by atoms with E-state index >= 15 is 0 Å². The second-order valence-electron chi connectivity index (χ2n) is 17.9. The van der Waals surface area contributed by atoms with E-state index in [0.717, 1.165) is 0 Å². The molecule has 0 unspecified atom stereocenters. The van der Waals surface area contributed by atoms with Crippen molar-refractivity contribution in [2.75, 3.05) is 19.6 Å². The summed E-state index contributed by atoms with van der Waals surface area (Å²) in [5, 5.41) is 25.6. The van der Waals surface area contributed by atoms with Crippen molar-refractivity contribution >= 4 is 53.2 Å². The van der Waals surface area contributed by atoms with E-state index < -0.39 is 114 Å². The summed E-state index contributed by atoms with van der Waals surface area (Å²) < 4.78 is 0. The van der Waals surface area contributed by atoms with Crippen molar-refractivity contribution in [2.24, 2.45) is 23.5 Å². The molecule has 23 nitrogen and oxygen atoms in total. The van der Waals surface area contributed by atoms with Crippen molar-refractivity contribution in [3.8, 4) is 0 Å². The molecule has 2 saturated heterocycles. The maximum Gasteiger partial charge on any atom is 0.326 e. The summed E-state index contributed by atoms with van der Waals surface area (Å²) in [6.45, 7) is 11.9. The summed E-state index contributed by atoms with van der Waals surface area (Å²) >= 11 is 0. The van der Waals surface area contributed by atoms with E-state index in [1.807, 2.05) is 13.8 Å². The van der Waals surface area contributed by atoms with Gasteiger partial charge in [0.25, 0.3) is 0 Å². The lowest BCUT2D eigenvalue weighted by molar-refractivity contribution is -0.144. The molecule has 2 aliphatic rings. The summed E-state index contributed by atoms with van der Waals surface area (Å²) in [4.78, 5) is 137. The van der Waals surface area contributed by atoms with Crippen LogP contribution in [0.4, 0.5) is 0 Å². The number of nitrogens with zero attached hydrogens (tertiary/aromatic N) is 4. The van der Waals surface area contributed by atoms with E-state index in [1.165, 1.54) is 35.6 Å². The molecule has 11 N–H and O–H groups in total. The Bertz CT molecular complexity index is 2030.